The second-order valence-electron chi connectivity index (χ2n) is 6.07. The zero-order valence-electron chi connectivity index (χ0n) is 13.1. The Morgan fingerprint density at radius 2 is 1.90 bits per heavy atom. The summed E-state index contributed by atoms with van der Waals surface area (Å²) in [7, 11) is 0. The molecule has 1 aromatic carbocycles. The summed E-state index contributed by atoms with van der Waals surface area (Å²) in [5.74, 6) is 1.26. The van der Waals surface area contributed by atoms with Gasteiger partial charge in [0, 0.05) is 22.9 Å². The van der Waals surface area contributed by atoms with Gasteiger partial charge in [0.2, 0.25) is 5.52 Å². The zero-order valence-corrected chi connectivity index (χ0v) is 13.9. The Hall–Kier alpha value is -1.02. The molecular weight excluding hydrogens is 274 g/mol. The van der Waals surface area contributed by atoms with Gasteiger partial charge < -0.3 is 0 Å². The molecule has 3 rings (SSSR count). The number of fused-ring (bicyclic) bond motifs is 2. The molecule has 1 aromatic heterocycles. The molecule has 2 heteroatoms. The molecule has 21 heavy (non-hydrogen) atoms. The highest BCUT2D eigenvalue weighted by Crippen LogP contribution is 2.34. The maximum atomic E-state index is 3.69. The van der Waals surface area contributed by atoms with Crippen molar-refractivity contribution < 1.29 is 4.98 Å². The Bertz CT molecular complexity index is 606. The average Bonchev–Trinajstić information content (AvgIpc) is 2.53. The molecule has 0 fully saturated rings. The number of hydrogen-bond donors (Lipinski definition) is 0. The Morgan fingerprint density at radius 3 is 2.81 bits per heavy atom. The highest BCUT2D eigenvalue weighted by atomic mass is 32.2. The lowest BCUT2D eigenvalue weighted by Crippen LogP contribution is -2.20. The number of para-hydroxylation sites is 1. The van der Waals surface area contributed by atoms with E-state index in [0.29, 0.717) is 0 Å². The first-order valence-electron chi connectivity index (χ1n) is 8.48. The molecule has 1 aliphatic rings. The minimum atomic E-state index is 1.23. The van der Waals surface area contributed by atoms with Gasteiger partial charge in [0.1, 0.15) is 0 Å². The lowest BCUT2D eigenvalue weighted by molar-refractivity contribution is -0.359. The maximum absolute atomic E-state index is 3.69. The molecule has 1 heterocycles. The van der Waals surface area contributed by atoms with Crippen molar-refractivity contribution in [3.63, 3.8) is 0 Å². The van der Waals surface area contributed by atoms with E-state index in [1.807, 2.05) is 0 Å². The topological polar surface area (TPSA) is 14.1 Å². The summed E-state index contributed by atoms with van der Waals surface area (Å²) in [5, 5.41) is 1.43. The summed E-state index contributed by atoms with van der Waals surface area (Å²) in [6.45, 7) is 2.28. The van der Waals surface area contributed by atoms with E-state index in [9.17, 15) is 0 Å². The second kappa shape index (κ2) is 7.31. The fourth-order valence-corrected chi connectivity index (χ4v) is 4.56. The first-order valence-corrected chi connectivity index (χ1v) is 9.47. The van der Waals surface area contributed by atoms with E-state index in [1.54, 1.807) is 10.5 Å². The number of hydrogen-bond acceptors (Lipinski definition) is 1. The van der Waals surface area contributed by atoms with Gasteiger partial charge in [-0.1, -0.05) is 38.3 Å². The van der Waals surface area contributed by atoms with Crippen LogP contribution >= 0.6 is 11.8 Å². The first kappa shape index (κ1) is 14.9. The molecular formula is C19H26NS+. The fourth-order valence-electron chi connectivity index (χ4n) is 3.28. The molecule has 0 spiro atoms. The summed E-state index contributed by atoms with van der Waals surface area (Å²) in [6, 6.07) is 8.83. The van der Waals surface area contributed by atoms with Crippen LogP contribution < -0.4 is 4.98 Å². The van der Waals surface area contributed by atoms with E-state index in [1.165, 1.54) is 73.7 Å². The third-order valence-corrected chi connectivity index (χ3v) is 5.69. The predicted octanol–water partition coefficient (Wildman–Crippen LogP) is 5.21. The summed E-state index contributed by atoms with van der Waals surface area (Å²) in [4.78, 5) is 5.25. The molecule has 0 bridgehead atoms. The SMILES string of the molecule is CCCCCCSc1c2c([nH+]c3ccccc13)CCCC2. The van der Waals surface area contributed by atoms with Gasteiger partial charge in [0.15, 0.2) is 5.69 Å². The Morgan fingerprint density at radius 1 is 1.05 bits per heavy atom. The van der Waals surface area contributed by atoms with Crippen LogP contribution in [0.5, 0.6) is 0 Å². The van der Waals surface area contributed by atoms with Crippen molar-refractivity contribution in [3.05, 3.63) is 35.5 Å². The Balaban J connectivity index is 1.87. The van der Waals surface area contributed by atoms with Crippen LogP contribution in [0.4, 0.5) is 0 Å². The van der Waals surface area contributed by atoms with Crippen molar-refractivity contribution >= 4 is 22.7 Å². The summed E-state index contributed by atoms with van der Waals surface area (Å²) in [5.41, 5.74) is 4.42. The van der Waals surface area contributed by atoms with Crippen LogP contribution in [-0.2, 0) is 12.8 Å². The van der Waals surface area contributed by atoms with E-state index < -0.39 is 0 Å². The Kier molecular flexibility index (Phi) is 5.18. The molecule has 1 nitrogen and oxygen atoms in total. The van der Waals surface area contributed by atoms with Gasteiger partial charge in [-0.05, 0) is 37.5 Å². The number of benzene rings is 1. The smallest absolute Gasteiger partial charge is 0.208 e. The molecule has 0 unspecified atom stereocenters. The van der Waals surface area contributed by atoms with Gasteiger partial charge in [0.05, 0.1) is 5.39 Å². The standard InChI is InChI=1S/C19H25NS/c1-2-3-4-9-14-21-19-15-10-5-7-12-17(15)20-18-13-8-6-11-16(18)19/h5,7,10,12H,2-4,6,8-9,11,13-14H2,1H3/p+1. The number of aryl methyl sites for hydroxylation is 1. The highest BCUT2D eigenvalue weighted by molar-refractivity contribution is 7.99. The molecule has 112 valence electrons. The normalized spacial score (nSPS) is 14.3. The van der Waals surface area contributed by atoms with E-state index >= 15 is 0 Å². The van der Waals surface area contributed by atoms with Crippen LogP contribution in [0.3, 0.4) is 0 Å². The van der Waals surface area contributed by atoms with Crippen LogP contribution in [0.2, 0.25) is 0 Å². The highest BCUT2D eigenvalue weighted by Gasteiger charge is 2.22. The minimum Gasteiger partial charge on any atom is -0.208 e. The summed E-state index contributed by atoms with van der Waals surface area (Å²) in [6.07, 6.45) is 10.6. The fraction of sp³-hybridized carbons (Fsp3) is 0.526. The molecule has 1 N–H and O–H groups in total. The van der Waals surface area contributed by atoms with Crippen molar-refractivity contribution in [2.75, 3.05) is 5.75 Å². The number of unbranched alkanes of at least 4 members (excludes halogenated alkanes) is 3. The molecule has 0 saturated carbocycles. The van der Waals surface area contributed by atoms with E-state index in [4.69, 9.17) is 0 Å². The monoisotopic (exact) mass is 300 g/mol. The van der Waals surface area contributed by atoms with Crippen LogP contribution in [0.25, 0.3) is 10.9 Å². The van der Waals surface area contributed by atoms with Crippen molar-refractivity contribution in [3.8, 4) is 0 Å². The number of aromatic amines is 1. The molecule has 0 saturated heterocycles. The lowest BCUT2D eigenvalue weighted by Gasteiger charge is -2.16. The molecule has 0 aliphatic heterocycles. The van der Waals surface area contributed by atoms with Gasteiger partial charge in [0.25, 0.3) is 0 Å². The molecule has 0 radical (unpaired) electrons. The van der Waals surface area contributed by atoms with Gasteiger partial charge in [-0.15, -0.1) is 11.8 Å². The molecule has 0 amide bonds. The number of aromatic nitrogens is 1. The van der Waals surface area contributed by atoms with Gasteiger partial charge >= 0.3 is 0 Å². The third kappa shape index (κ3) is 3.42. The van der Waals surface area contributed by atoms with Crippen molar-refractivity contribution in [1.82, 2.24) is 0 Å². The second-order valence-corrected chi connectivity index (χ2v) is 7.18. The zero-order chi connectivity index (χ0) is 14.5. The largest absolute Gasteiger partial charge is 0.212 e. The molecule has 1 aliphatic carbocycles. The average molecular weight is 300 g/mol. The van der Waals surface area contributed by atoms with E-state index in [2.05, 4.69) is 47.9 Å². The maximum Gasteiger partial charge on any atom is 0.212 e. The quantitative estimate of drug-likeness (QED) is 0.528. The molecule has 2 aromatic rings. The number of H-pyrrole nitrogens is 1. The van der Waals surface area contributed by atoms with Gasteiger partial charge in [-0.25, -0.2) is 4.98 Å². The predicted molar refractivity (Wildman–Crippen MR) is 92.0 cm³/mol. The van der Waals surface area contributed by atoms with Gasteiger partial charge in [-0.2, -0.15) is 0 Å². The van der Waals surface area contributed by atoms with Gasteiger partial charge in [-0.3, -0.25) is 0 Å². The van der Waals surface area contributed by atoms with Crippen LogP contribution in [0.1, 0.15) is 56.7 Å². The van der Waals surface area contributed by atoms with E-state index in [-0.39, 0.29) is 0 Å². The lowest BCUT2D eigenvalue weighted by atomic mass is 9.94. The summed E-state index contributed by atoms with van der Waals surface area (Å²) >= 11 is 2.09. The van der Waals surface area contributed by atoms with Crippen molar-refractivity contribution in [1.29, 1.82) is 0 Å². The first-order chi connectivity index (χ1) is 10.4. The van der Waals surface area contributed by atoms with Crippen molar-refractivity contribution in [2.45, 2.75) is 63.2 Å². The van der Waals surface area contributed by atoms with Crippen LogP contribution in [-0.4, -0.2) is 5.75 Å². The molecule has 0 atom stereocenters. The summed E-state index contributed by atoms with van der Waals surface area (Å²) < 4.78 is 0. The van der Waals surface area contributed by atoms with E-state index in [0.717, 1.165) is 0 Å². The number of pyridine rings is 1. The number of nitrogens with one attached hydrogen (secondary N) is 1. The Labute approximate surface area is 132 Å². The van der Waals surface area contributed by atoms with Crippen LogP contribution in [0.15, 0.2) is 29.2 Å². The minimum absolute atomic E-state index is 1.23. The van der Waals surface area contributed by atoms with Crippen LogP contribution in [0, 0.1) is 0 Å². The van der Waals surface area contributed by atoms with Crippen molar-refractivity contribution in [2.24, 2.45) is 0 Å². The third-order valence-electron chi connectivity index (χ3n) is 4.44. The number of rotatable bonds is 6. The number of thioether (sulfide) groups is 1.